The molecule has 0 saturated carbocycles. The molecule has 0 atom stereocenters. The molecule has 2 heterocycles. The van der Waals surface area contributed by atoms with Crippen LogP contribution in [0.15, 0.2) is 41.6 Å². The van der Waals surface area contributed by atoms with Gasteiger partial charge in [0.25, 0.3) is 0 Å². The van der Waals surface area contributed by atoms with Gasteiger partial charge in [-0.25, -0.2) is 4.79 Å². The van der Waals surface area contributed by atoms with E-state index in [2.05, 4.69) is 5.10 Å². The lowest BCUT2D eigenvalue weighted by Crippen LogP contribution is -2.39. The maximum Gasteiger partial charge on any atom is 0.338 e. The van der Waals surface area contributed by atoms with E-state index in [1.165, 1.54) is 6.20 Å². The number of hydrogen-bond acceptors (Lipinski definition) is 4. The number of carbonyl (C=O) groups is 2. The molecule has 26 heavy (non-hydrogen) atoms. The Morgan fingerprint density at radius 1 is 1.23 bits per heavy atom. The minimum atomic E-state index is -0.970. The van der Waals surface area contributed by atoms with Crippen LogP contribution in [0.25, 0.3) is 0 Å². The monoisotopic (exact) mass is 393 g/mol. The predicted molar refractivity (Wildman–Crippen MR) is 101 cm³/mol. The molecule has 1 fully saturated rings. The highest BCUT2D eigenvalue weighted by atomic mass is 35.5. The summed E-state index contributed by atoms with van der Waals surface area (Å²) in [4.78, 5) is 26.3. The number of benzene rings is 1. The number of nitrogens with zero attached hydrogens (tertiary/aromatic N) is 3. The van der Waals surface area contributed by atoms with Gasteiger partial charge in [0.05, 0.1) is 17.8 Å². The van der Waals surface area contributed by atoms with E-state index in [0.29, 0.717) is 24.5 Å². The van der Waals surface area contributed by atoms with E-state index < -0.39 is 5.97 Å². The molecule has 0 aliphatic carbocycles. The van der Waals surface area contributed by atoms with Gasteiger partial charge in [-0.05, 0) is 37.1 Å². The van der Waals surface area contributed by atoms with Crippen molar-refractivity contribution in [2.75, 3.05) is 18.8 Å². The summed E-state index contributed by atoms with van der Waals surface area (Å²) < 4.78 is 1.71. The molecule has 1 aliphatic heterocycles. The Kier molecular flexibility index (Phi) is 6.21. The first kappa shape index (κ1) is 18.8. The van der Waals surface area contributed by atoms with E-state index in [0.717, 1.165) is 23.5 Å². The molecule has 6 nitrogen and oxygen atoms in total. The standard InChI is InChI=1S/C18H20ClN3O3S/c19-14-1-3-16(4-2-14)26-10-7-17(23)21-8-5-15(6-9-21)22-12-13(11-20-22)18(24)25/h1-4,11-12,15H,5-10H2,(H,24,25). The summed E-state index contributed by atoms with van der Waals surface area (Å²) in [6, 6.07) is 7.76. The van der Waals surface area contributed by atoms with Crippen LogP contribution in [-0.4, -0.2) is 50.5 Å². The van der Waals surface area contributed by atoms with Crippen molar-refractivity contribution in [2.24, 2.45) is 0 Å². The number of piperidine rings is 1. The van der Waals surface area contributed by atoms with Gasteiger partial charge in [0.1, 0.15) is 0 Å². The fourth-order valence-corrected chi connectivity index (χ4v) is 3.94. The molecule has 138 valence electrons. The van der Waals surface area contributed by atoms with Crippen LogP contribution in [0.2, 0.25) is 5.02 Å². The number of carboxylic acid groups (broad SMARTS) is 1. The van der Waals surface area contributed by atoms with Crippen molar-refractivity contribution in [3.8, 4) is 0 Å². The van der Waals surface area contributed by atoms with Gasteiger partial charge in [-0.1, -0.05) is 11.6 Å². The highest BCUT2D eigenvalue weighted by Crippen LogP contribution is 2.24. The van der Waals surface area contributed by atoms with Crippen LogP contribution in [0, 0.1) is 0 Å². The van der Waals surface area contributed by atoms with Crippen LogP contribution in [0.1, 0.15) is 35.7 Å². The first-order valence-electron chi connectivity index (χ1n) is 8.46. The summed E-state index contributed by atoms with van der Waals surface area (Å²) in [7, 11) is 0. The SMILES string of the molecule is O=C(O)c1cnn(C2CCN(C(=O)CCSc3ccc(Cl)cc3)CC2)c1. The lowest BCUT2D eigenvalue weighted by Gasteiger charge is -2.32. The number of hydrogen-bond donors (Lipinski definition) is 1. The minimum absolute atomic E-state index is 0.149. The van der Waals surface area contributed by atoms with Crippen molar-refractivity contribution in [1.29, 1.82) is 0 Å². The van der Waals surface area contributed by atoms with E-state index in [1.807, 2.05) is 29.2 Å². The van der Waals surface area contributed by atoms with Gasteiger partial charge in [0.2, 0.25) is 5.91 Å². The number of halogens is 1. The van der Waals surface area contributed by atoms with Crippen LogP contribution in [0.5, 0.6) is 0 Å². The van der Waals surface area contributed by atoms with Gasteiger partial charge < -0.3 is 10.0 Å². The molecular formula is C18H20ClN3O3S. The second kappa shape index (κ2) is 8.60. The number of likely N-dealkylation sites (tertiary alicyclic amines) is 1. The normalized spacial score (nSPS) is 15.2. The first-order valence-corrected chi connectivity index (χ1v) is 9.83. The molecule has 0 radical (unpaired) electrons. The molecule has 1 aliphatic rings. The third-order valence-electron chi connectivity index (χ3n) is 4.44. The quantitative estimate of drug-likeness (QED) is 0.759. The smallest absolute Gasteiger partial charge is 0.338 e. The Labute approximate surface area is 161 Å². The maximum atomic E-state index is 12.4. The van der Waals surface area contributed by atoms with Gasteiger partial charge in [-0.2, -0.15) is 5.10 Å². The Morgan fingerprint density at radius 2 is 1.92 bits per heavy atom. The van der Waals surface area contributed by atoms with Crippen molar-refractivity contribution in [1.82, 2.24) is 14.7 Å². The van der Waals surface area contributed by atoms with Crippen molar-refractivity contribution >= 4 is 35.2 Å². The number of amides is 1. The number of aromatic nitrogens is 2. The van der Waals surface area contributed by atoms with E-state index in [-0.39, 0.29) is 17.5 Å². The zero-order valence-electron chi connectivity index (χ0n) is 14.2. The largest absolute Gasteiger partial charge is 0.478 e. The number of thioether (sulfide) groups is 1. The van der Waals surface area contributed by atoms with Crippen molar-refractivity contribution < 1.29 is 14.7 Å². The van der Waals surface area contributed by atoms with E-state index in [1.54, 1.807) is 22.6 Å². The number of carbonyl (C=O) groups excluding carboxylic acids is 1. The number of rotatable bonds is 6. The summed E-state index contributed by atoms with van der Waals surface area (Å²) >= 11 is 7.51. The van der Waals surface area contributed by atoms with E-state index >= 15 is 0 Å². The van der Waals surface area contributed by atoms with Crippen LogP contribution < -0.4 is 0 Å². The van der Waals surface area contributed by atoms with Crippen molar-refractivity contribution in [3.05, 3.63) is 47.2 Å². The van der Waals surface area contributed by atoms with Gasteiger partial charge in [0, 0.05) is 41.4 Å². The highest BCUT2D eigenvalue weighted by Gasteiger charge is 2.24. The molecule has 1 aromatic heterocycles. The molecule has 2 aromatic rings. The second-order valence-corrected chi connectivity index (χ2v) is 7.78. The Balaban J connectivity index is 1.42. The average Bonchev–Trinajstić information content (AvgIpc) is 3.14. The average molecular weight is 394 g/mol. The molecule has 0 spiro atoms. The second-order valence-electron chi connectivity index (χ2n) is 6.18. The molecule has 1 amide bonds. The topological polar surface area (TPSA) is 75.4 Å². The lowest BCUT2D eigenvalue weighted by atomic mass is 10.1. The molecule has 0 unspecified atom stereocenters. The van der Waals surface area contributed by atoms with Crippen LogP contribution in [0.3, 0.4) is 0 Å². The van der Waals surface area contributed by atoms with Crippen molar-refractivity contribution in [2.45, 2.75) is 30.2 Å². The van der Waals surface area contributed by atoms with Crippen LogP contribution in [-0.2, 0) is 4.79 Å². The molecule has 1 aromatic carbocycles. The summed E-state index contributed by atoms with van der Waals surface area (Å²) in [6.07, 6.45) is 5.01. The Hall–Kier alpha value is -1.99. The Morgan fingerprint density at radius 3 is 2.54 bits per heavy atom. The summed E-state index contributed by atoms with van der Waals surface area (Å²) in [5, 5.41) is 13.8. The third-order valence-corrected chi connectivity index (χ3v) is 5.70. The maximum absolute atomic E-state index is 12.4. The molecule has 0 bridgehead atoms. The van der Waals surface area contributed by atoms with Crippen LogP contribution in [0.4, 0.5) is 0 Å². The number of carboxylic acids is 1. The molecule has 1 N–H and O–H groups in total. The first-order chi connectivity index (χ1) is 12.5. The Bertz CT molecular complexity index is 770. The lowest BCUT2D eigenvalue weighted by molar-refractivity contribution is -0.132. The summed E-state index contributed by atoms with van der Waals surface area (Å²) in [5.74, 6) is -0.0692. The van der Waals surface area contributed by atoms with E-state index in [9.17, 15) is 9.59 Å². The molecule has 8 heteroatoms. The predicted octanol–water partition coefficient (Wildman–Crippen LogP) is 3.58. The van der Waals surface area contributed by atoms with Crippen LogP contribution >= 0.6 is 23.4 Å². The summed E-state index contributed by atoms with van der Waals surface area (Å²) in [5.41, 5.74) is 0.197. The van der Waals surface area contributed by atoms with Gasteiger partial charge >= 0.3 is 5.97 Å². The molecule has 1 saturated heterocycles. The van der Waals surface area contributed by atoms with Gasteiger partial charge in [-0.3, -0.25) is 9.48 Å². The minimum Gasteiger partial charge on any atom is -0.478 e. The fraction of sp³-hybridized carbons (Fsp3) is 0.389. The van der Waals surface area contributed by atoms with E-state index in [4.69, 9.17) is 16.7 Å². The highest BCUT2D eigenvalue weighted by molar-refractivity contribution is 7.99. The van der Waals surface area contributed by atoms with Gasteiger partial charge in [-0.15, -0.1) is 11.8 Å². The summed E-state index contributed by atoms with van der Waals surface area (Å²) in [6.45, 7) is 1.36. The third kappa shape index (κ3) is 4.80. The van der Waals surface area contributed by atoms with Gasteiger partial charge in [0.15, 0.2) is 0 Å². The van der Waals surface area contributed by atoms with Crippen molar-refractivity contribution in [3.63, 3.8) is 0 Å². The zero-order valence-corrected chi connectivity index (χ0v) is 15.7. The molecule has 3 rings (SSSR count). The number of aromatic carboxylic acids is 1. The molecular weight excluding hydrogens is 374 g/mol. The fourth-order valence-electron chi connectivity index (χ4n) is 2.97. The zero-order chi connectivity index (χ0) is 18.5.